The number of allylic oxidation sites excluding steroid dienone is 9. The molecule has 0 saturated heterocycles. The molecule has 0 atom stereocenters. The van der Waals surface area contributed by atoms with Crippen molar-refractivity contribution in [2.24, 2.45) is 5.41 Å². The number of fused-ring (bicyclic) bond motifs is 1. The quantitative estimate of drug-likeness (QED) is 0.254. The lowest BCUT2D eigenvalue weighted by atomic mass is 9.77. The average molecular weight is 505 g/mol. The fourth-order valence-electron chi connectivity index (χ4n) is 3.78. The van der Waals surface area contributed by atoms with Crippen LogP contribution in [0, 0.1) is 11.4 Å². The largest absolute Gasteiger partial charge is 0.388 e. The maximum absolute atomic E-state index is 13.6. The number of carbonyl (C=O) groups is 1. The van der Waals surface area contributed by atoms with Crippen molar-refractivity contribution in [2.45, 2.75) is 41.0 Å². The summed E-state index contributed by atoms with van der Waals surface area (Å²) < 4.78 is 14.9. The number of nitrogens with zero attached hydrogens (tertiary/aromatic N) is 5. The van der Waals surface area contributed by atoms with Gasteiger partial charge in [0.05, 0.1) is 6.33 Å². The van der Waals surface area contributed by atoms with Gasteiger partial charge in [0.1, 0.15) is 12.7 Å². The Bertz CT molecular complexity index is 1340. The van der Waals surface area contributed by atoms with Gasteiger partial charge in [0.2, 0.25) is 5.95 Å². The van der Waals surface area contributed by atoms with Crippen LogP contribution in [-0.2, 0) is 4.79 Å². The standard InChI is InChI=1S/C24H29FN6O.C3H4N2/c1-16(9-10-19-18(3)26-12-11-24(19,4)5)7-6-8-17(2)13-20(32)30-31-15-29-21-22(25)27-14-28-23(21)31;1-2-5-3-4-1/h6-10,13-15,26H,11-12H2,1-5H3,(H,30,32);1-3H,(H,4,5)/b8-6+,10-9+,16-7+,17-13+;. The summed E-state index contributed by atoms with van der Waals surface area (Å²) in [5.74, 6) is -1.11. The van der Waals surface area contributed by atoms with Gasteiger partial charge in [-0.15, -0.1) is 0 Å². The number of aromatic nitrogens is 6. The minimum Gasteiger partial charge on any atom is -0.388 e. The number of imidazole rings is 2. The Hall–Kier alpha value is -4.34. The van der Waals surface area contributed by atoms with Gasteiger partial charge in [-0.2, -0.15) is 4.39 Å². The van der Waals surface area contributed by atoms with Crippen molar-refractivity contribution in [3.05, 3.63) is 96.2 Å². The lowest BCUT2D eigenvalue weighted by Gasteiger charge is -2.33. The molecule has 1 aliphatic heterocycles. The molecule has 194 valence electrons. The molecule has 1 amide bonds. The van der Waals surface area contributed by atoms with E-state index in [9.17, 15) is 9.18 Å². The fraction of sp³-hybridized carbons (Fsp3) is 0.296. The summed E-state index contributed by atoms with van der Waals surface area (Å²) in [7, 11) is 0. The molecule has 3 N–H and O–H groups in total. The Balaban J connectivity index is 0.000000678. The molecule has 9 nitrogen and oxygen atoms in total. The molecule has 0 spiro atoms. The van der Waals surface area contributed by atoms with Gasteiger partial charge in [0.25, 0.3) is 5.91 Å². The van der Waals surface area contributed by atoms with Crippen LogP contribution in [-0.4, -0.2) is 42.0 Å². The lowest BCUT2D eigenvalue weighted by Crippen LogP contribution is -2.31. The third-order valence-corrected chi connectivity index (χ3v) is 5.79. The highest BCUT2D eigenvalue weighted by Crippen LogP contribution is 2.35. The smallest absolute Gasteiger partial charge is 0.263 e. The lowest BCUT2D eigenvalue weighted by molar-refractivity contribution is -0.112. The predicted octanol–water partition coefficient (Wildman–Crippen LogP) is 4.74. The number of H-pyrrole nitrogens is 1. The van der Waals surface area contributed by atoms with Gasteiger partial charge < -0.3 is 10.3 Å². The van der Waals surface area contributed by atoms with Gasteiger partial charge in [0.15, 0.2) is 11.2 Å². The molecule has 0 bridgehead atoms. The molecule has 10 heteroatoms. The zero-order chi connectivity index (χ0) is 26.8. The SMILES string of the molecule is CC1=C(/C=C/C(C)=C/C=C/C(C)=C/C(=O)Nn2cnc3c(F)ncnc32)C(C)(C)CCN1.c1c[nH]cn1. The van der Waals surface area contributed by atoms with Gasteiger partial charge in [-0.05, 0) is 43.8 Å². The summed E-state index contributed by atoms with van der Waals surface area (Å²) in [6.07, 6.45) is 20.0. The fourth-order valence-corrected chi connectivity index (χ4v) is 3.78. The van der Waals surface area contributed by atoms with Gasteiger partial charge in [-0.3, -0.25) is 10.2 Å². The van der Waals surface area contributed by atoms with Crippen molar-refractivity contribution >= 4 is 17.1 Å². The van der Waals surface area contributed by atoms with Crippen LogP contribution in [0.15, 0.2) is 90.2 Å². The molecular weight excluding hydrogens is 471 g/mol. The van der Waals surface area contributed by atoms with Crippen molar-refractivity contribution in [2.75, 3.05) is 12.0 Å². The van der Waals surface area contributed by atoms with E-state index in [-0.39, 0.29) is 22.5 Å². The molecule has 4 heterocycles. The van der Waals surface area contributed by atoms with Crippen molar-refractivity contribution in [3.63, 3.8) is 0 Å². The number of aromatic amines is 1. The number of hydrogen-bond acceptors (Lipinski definition) is 6. The summed E-state index contributed by atoms with van der Waals surface area (Å²) in [5.41, 5.74) is 7.37. The van der Waals surface area contributed by atoms with Crippen LogP contribution in [0.5, 0.6) is 0 Å². The molecule has 0 fully saturated rings. The number of amides is 1. The summed E-state index contributed by atoms with van der Waals surface area (Å²) >= 11 is 0. The maximum atomic E-state index is 13.6. The number of rotatable bonds is 6. The number of hydrogen-bond donors (Lipinski definition) is 3. The monoisotopic (exact) mass is 504 g/mol. The molecule has 0 unspecified atom stereocenters. The zero-order valence-electron chi connectivity index (χ0n) is 21.8. The van der Waals surface area contributed by atoms with E-state index in [0.717, 1.165) is 30.4 Å². The summed E-state index contributed by atoms with van der Waals surface area (Å²) in [6, 6.07) is 0. The first-order valence-corrected chi connectivity index (χ1v) is 11.9. The highest BCUT2D eigenvalue weighted by Gasteiger charge is 2.26. The number of carbonyl (C=O) groups excluding carboxylic acids is 1. The van der Waals surface area contributed by atoms with Crippen molar-refractivity contribution < 1.29 is 9.18 Å². The highest BCUT2D eigenvalue weighted by atomic mass is 19.1. The van der Waals surface area contributed by atoms with Crippen LogP contribution in [0.25, 0.3) is 11.2 Å². The van der Waals surface area contributed by atoms with Crippen LogP contribution in [0.2, 0.25) is 0 Å². The second kappa shape index (κ2) is 12.6. The Kier molecular flexibility index (Phi) is 9.26. The topological polar surface area (TPSA) is 113 Å². The van der Waals surface area contributed by atoms with Gasteiger partial charge >= 0.3 is 0 Å². The van der Waals surface area contributed by atoms with Gasteiger partial charge in [-0.1, -0.05) is 49.8 Å². The van der Waals surface area contributed by atoms with E-state index >= 15 is 0 Å². The molecule has 1 aliphatic rings. The van der Waals surface area contributed by atoms with Crippen molar-refractivity contribution in [1.82, 2.24) is 34.9 Å². The molecule has 37 heavy (non-hydrogen) atoms. The Morgan fingerprint density at radius 1 is 1.19 bits per heavy atom. The maximum Gasteiger partial charge on any atom is 0.263 e. The van der Waals surface area contributed by atoms with E-state index in [4.69, 9.17) is 0 Å². The second-order valence-corrected chi connectivity index (χ2v) is 9.28. The predicted molar refractivity (Wildman–Crippen MR) is 143 cm³/mol. The highest BCUT2D eigenvalue weighted by molar-refractivity contribution is 5.95. The first kappa shape index (κ1) is 27.3. The minimum absolute atomic E-state index is 0.000386. The Labute approximate surface area is 216 Å². The summed E-state index contributed by atoms with van der Waals surface area (Å²) in [5, 5.41) is 3.43. The molecular formula is C27H33FN8O. The molecule has 4 rings (SSSR count). The van der Waals surface area contributed by atoms with E-state index in [1.165, 1.54) is 28.3 Å². The third kappa shape index (κ3) is 7.83. The van der Waals surface area contributed by atoms with Crippen LogP contribution in [0.4, 0.5) is 4.39 Å². The number of halogens is 1. The molecule has 0 saturated carbocycles. The van der Waals surface area contributed by atoms with E-state index in [1.807, 2.05) is 32.1 Å². The molecule has 3 aromatic heterocycles. The normalized spacial score (nSPS) is 16.2. The zero-order valence-corrected chi connectivity index (χ0v) is 21.8. The van der Waals surface area contributed by atoms with Crippen molar-refractivity contribution in [1.29, 1.82) is 0 Å². The van der Waals surface area contributed by atoms with E-state index in [1.54, 1.807) is 18.7 Å². The first-order chi connectivity index (χ1) is 17.7. The third-order valence-electron chi connectivity index (χ3n) is 5.79. The van der Waals surface area contributed by atoms with Crippen LogP contribution in [0.1, 0.15) is 41.0 Å². The number of nitrogens with one attached hydrogen (secondary N) is 3. The van der Waals surface area contributed by atoms with Crippen LogP contribution < -0.4 is 10.7 Å². The molecule has 0 radical (unpaired) electrons. The summed E-state index contributed by atoms with van der Waals surface area (Å²) in [4.78, 5) is 30.0. The van der Waals surface area contributed by atoms with E-state index < -0.39 is 5.95 Å². The van der Waals surface area contributed by atoms with Crippen LogP contribution in [0.3, 0.4) is 0 Å². The van der Waals surface area contributed by atoms with Crippen LogP contribution >= 0.6 is 0 Å². The minimum atomic E-state index is -0.733. The molecule has 0 aromatic carbocycles. The van der Waals surface area contributed by atoms with Gasteiger partial charge in [-0.25, -0.2) is 24.6 Å². The Morgan fingerprint density at radius 3 is 2.68 bits per heavy atom. The second-order valence-electron chi connectivity index (χ2n) is 9.28. The Morgan fingerprint density at radius 2 is 2.00 bits per heavy atom. The summed E-state index contributed by atoms with van der Waals surface area (Å²) in [6.45, 7) is 11.5. The van der Waals surface area contributed by atoms with E-state index in [0.29, 0.717) is 0 Å². The first-order valence-electron chi connectivity index (χ1n) is 11.9. The molecule has 0 aliphatic carbocycles. The molecule has 3 aromatic rings. The van der Waals surface area contributed by atoms with E-state index in [2.05, 4.69) is 68.6 Å². The average Bonchev–Trinajstić information content (AvgIpc) is 3.53. The van der Waals surface area contributed by atoms with Crippen molar-refractivity contribution in [3.8, 4) is 0 Å². The van der Waals surface area contributed by atoms with Gasteiger partial charge in [0, 0.05) is 30.7 Å².